The molecule has 0 saturated carbocycles. The van der Waals surface area contributed by atoms with Gasteiger partial charge in [0.1, 0.15) is 0 Å². The van der Waals surface area contributed by atoms with Crippen molar-refractivity contribution in [3.05, 3.63) is 0 Å². The van der Waals surface area contributed by atoms with Crippen molar-refractivity contribution in [3.63, 3.8) is 0 Å². The Bertz CT molecular complexity index is 38.7. The lowest BCUT2D eigenvalue weighted by Crippen LogP contribution is -1.95. The number of ether oxygens (including phenoxy) is 1. The number of hydrogen-bond donors (Lipinski definition) is 0. The zero-order valence-corrected chi connectivity index (χ0v) is 5.67. The molecule has 0 N–H and O–H groups in total. The van der Waals surface area contributed by atoms with E-state index in [-0.39, 0.29) is 0 Å². The minimum Gasteiger partial charge on any atom is -0.349 e. The molecule has 0 aromatic rings. The van der Waals surface area contributed by atoms with Gasteiger partial charge >= 0.3 is 0 Å². The van der Waals surface area contributed by atoms with E-state index in [2.05, 4.69) is 0 Å². The molecule has 0 aromatic heterocycles. The van der Waals surface area contributed by atoms with E-state index in [0.717, 1.165) is 6.42 Å². The average Bonchev–Trinajstić information content (AvgIpc) is 1.61. The SMILES string of the molecule is CCCOC(Cl)Cl. The maximum absolute atomic E-state index is 5.20. The Morgan fingerprint density at radius 3 is 2.29 bits per heavy atom. The second-order valence-corrected chi connectivity index (χ2v) is 2.15. The van der Waals surface area contributed by atoms with E-state index in [1.54, 1.807) is 0 Å². The van der Waals surface area contributed by atoms with Crippen LogP contribution in [0.4, 0.5) is 0 Å². The topological polar surface area (TPSA) is 9.23 Å². The molecule has 0 atom stereocenters. The highest BCUT2D eigenvalue weighted by atomic mass is 35.5. The molecule has 1 nitrogen and oxygen atoms in total. The van der Waals surface area contributed by atoms with E-state index in [0.29, 0.717) is 6.61 Å². The summed E-state index contributed by atoms with van der Waals surface area (Å²) in [6, 6.07) is 0. The fourth-order valence-corrected chi connectivity index (χ4v) is 0.385. The van der Waals surface area contributed by atoms with E-state index in [4.69, 9.17) is 27.9 Å². The molecule has 0 fully saturated rings. The van der Waals surface area contributed by atoms with E-state index in [1.807, 2.05) is 6.92 Å². The molecule has 0 unspecified atom stereocenters. The van der Waals surface area contributed by atoms with Gasteiger partial charge in [-0.1, -0.05) is 30.1 Å². The van der Waals surface area contributed by atoms with Gasteiger partial charge in [0.25, 0.3) is 0 Å². The summed E-state index contributed by atoms with van der Waals surface area (Å²) in [7, 11) is 0. The molecule has 0 bridgehead atoms. The largest absolute Gasteiger partial charge is 0.349 e. The minimum absolute atomic E-state index is 0.637. The van der Waals surface area contributed by atoms with Crippen LogP contribution >= 0.6 is 23.2 Å². The standard InChI is InChI=1S/C4H8Cl2O/c1-2-3-7-4(5)6/h4H,2-3H2,1H3. The summed E-state index contributed by atoms with van der Waals surface area (Å²) in [6.45, 7) is 2.63. The summed E-state index contributed by atoms with van der Waals surface area (Å²) in [5.41, 5.74) is 0. The Morgan fingerprint density at radius 2 is 2.14 bits per heavy atom. The van der Waals surface area contributed by atoms with Crippen LogP contribution in [0.1, 0.15) is 13.3 Å². The first-order chi connectivity index (χ1) is 3.27. The quantitative estimate of drug-likeness (QED) is 0.550. The van der Waals surface area contributed by atoms with E-state index < -0.39 is 5.02 Å². The van der Waals surface area contributed by atoms with Crippen LogP contribution < -0.4 is 0 Å². The zero-order valence-electron chi connectivity index (χ0n) is 4.16. The fourth-order valence-electron chi connectivity index (χ4n) is 0.207. The van der Waals surface area contributed by atoms with Crippen LogP contribution in [0.25, 0.3) is 0 Å². The molecule has 0 radical (unpaired) electrons. The average molecular weight is 143 g/mol. The van der Waals surface area contributed by atoms with Crippen LogP contribution in [-0.2, 0) is 4.74 Å². The molecular weight excluding hydrogens is 135 g/mol. The van der Waals surface area contributed by atoms with Gasteiger partial charge in [0.15, 0.2) is 0 Å². The molecule has 3 heteroatoms. The van der Waals surface area contributed by atoms with Gasteiger partial charge in [-0.3, -0.25) is 0 Å². The second kappa shape index (κ2) is 4.69. The minimum atomic E-state index is -0.653. The zero-order chi connectivity index (χ0) is 5.70. The van der Waals surface area contributed by atoms with Crippen LogP contribution in [0, 0.1) is 0 Å². The lowest BCUT2D eigenvalue weighted by molar-refractivity contribution is 0.155. The second-order valence-electron chi connectivity index (χ2n) is 1.13. The van der Waals surface area contributed by atoms with Crippen molar-refractivity contribution in [3.8, 4) is 0 Å². The molecule has 0 aliphatic carbocycles. The predicted molar refractivity (Wildman–Crippen MR) is 31.7 cm³/mol. The van der Waals surface area contributed by atoms with E-state index in [9.17, 15) is 0 Å². The normalized spacial score (nSPS) is 10.3. The molecule has 0 aliphatic rings. The van der Waals surface area contributed by atoms with Crippen LogP contribution in [0.5, 0.6) is 0 Å². The maximum Gasteiger partial charge on any atom is 0.206 e. The first-order valence-electron chi connectivity index (χ1n) is 2.17. The molecule has 0 saturated heterocycles. The van der Waals surface area contributed by atoms with Crippen molar-refractivity contribution >= 4 is 23.2 Å². The summed E-state index contributed by atoms with van der Waals surface area (Å²) in [6.07, 6.45) is 0.954. The molecule has 44 valence electrons. The molecule has 0 spiro atoms. The van der Waals surface area contributed by atoms with Gasteiger partial charge in [0.2, 0.25) is 5.02 Å². The first kappa shape index (κ1) is 7.54. The Kier molecular flexibility index (Phi) is 5.05. The van der Waals surface area contributed by atoms with Gasteiger partial charge in [-0.2, -0.15) is 0 Å². The first-order valence-corrected chi connectivity index (χ1v) is 3.04. The van der Waals surface area contributed by atoms with Crippen molar-refractivity contribution in [1.29, 1.82) is 0 Å². The van der Waals surface area contributed by atoms with Gasteiger partial charge in [-0.25, -0.2) is 0 Å². The van der Waals surface area contributed by atoms with Gasteiger partial charge in [0.05, 0.1) is 0 Å². The number of hydrogen-bond acceptors (Lipinski definition) is 1. The highest BCUT2D eigenvalue weighted by Gasteiger charge is 1.92. The summed E-state index contributed by atoms with van der Waals surface area (Å²) in [5, 5.41) is -0.653. The molecule has 0 amide bonds. The Labute approximate surface area is 53.6 Å². The smallest absolute Gasteiger partial charge is 0.206 e. The Morgan fingerprint density at radius 1 is 1.57 bits per heavy atom. The summed E-state index contributed by atoms with van der Waals surface area (Å²) >= 11 is 10.4. The summed E-state index contributed by atoms with van der Waals surface area (Å²) in [5.74, 6) is 0. The Hall–Kier alpha value is 0.540. The van der Waals surface area contributed by atoms with Crippen molar-refractivity contribution in [1.82, 2.24) is 0 Å². The van der Waals surface area contributed by atoms with Gasteiger partial charge in [-0.05, 0) is 6.42 Å². The lowest BCUT2D eigenvalue weighted by Gasteiger charge is -1.98. The number of alkyl halides is 2. The number of halogens is 2. The van der Waals surface area contributed by atoms with Crippen molar-refractivity contribution in [2.24, 2.45) is 0 Å². The molecule has 0 rings (SSSR count). The summed E-state index contributed by atoms with van der Waals surface area (Å²) < 4.78 is 4.72. The summed E-state index contributed by atoms with van der Waals surface area (Å²) in [4.78, 5) is 0. The third kappa shape index (κ3) is 6.54. The predicted octanol–water partition coefficient (Wildman–Crippen LogP) is 2.17. The molecule has 0 heterocycles. The molecule has 0 aromatic carbocycles. The van der Waals surface area contributed by atoms with E-state index in [1.165, 1.54) is 0 Å². The molecule has 0 aliphatic heterocycles. The van der Waals surface area contributed by atoms with Gasteiger partial charge in [0, 0.05) is 6.61 Å². The number of rotatable bonds is 3. The fraction of sp³-hybridized carbons (Fsp3) is 1.00. The van der Waals surface area contributed by atoms with Gasteiger partial charge in [-0.15, -0.1) is 0 Å². The van der Waals surface area contributed by atoms with E-state index >= 15 is 0 Å². The van der Waals surface area contributed by atoms with Crippen LogP contribution in [0.3, 0.4) is 0 Å². The van der Waals surface area contributed by atoms with Crippen LogP contribution in [0.15, 0.2) is 0 Å². The molecule has 7 heavy (non-hydrogen) atoms. The Balaban J connectivity index is 2.68. The van der Waals surface area contributed by atoms with Crippen LogP contribution in [0.2, 0.25) is 0 Å². The van der Waals surface area contributed by atoms with Crippen molar-refractivity contribution in [2.45, 2.75) is 18.4 Å². The maximum atomic E-state index is 5.20. The monoisotopic (exact) mass is 142 g/mol. The lowest BCUT2D eigenvalue weighted by atomic mass is 10.5. The third-order valence-corrected chi connectivity index (χ3v) is 0.700. The van der Waals surface area contributed by atoms with Gasteiger partial charge < -0.3 is 4.74 Å². The van der Waals surface area contributed by atoms with Crippen LogP contribution in [-0.4, -0.2) is 11.6 Å². The highest BCUT2D eigenvalue weighted by molar-refractivity contribution is 6.43. The highest BCUT2D eigenvalue weighted by Crippen LogP contribution is 2.02. The van der Waals surface area contributed by atoms with Crippen molar-refractivity contribution in [2.75, 3.05) is 6.61 Å². The molecular formula is C4H8Cl2O. The van der Waals surface area contributed by atoms with Crippen molar-refractivity contribution < 1.29 is 4.74 Å². The third-order valence-electron chi connectivity index (χ3n) is 0.448.